The van der Waals surface area contributed by atoms with Crippen LogP contribution >= 0.6 is 0 Å². The van der Waals surface area contributed by atoms with E-state index >= 15 is 0 Å². The van der Waals surface area contributed by atoms with Crippen molar-refractivity contribution >= 4 is 5.78 Å². The van der Waals surface area contributed by atoms with Crippen molar-refractivity contribution in [1.82, 2.24) is 0 Å². The fraction of sp³-hybridized carbons (Fsp3) is 0.750. The van der Waals surface area contributed by atoms with Crippen molar-refractivity contribution in [3.8, 4) is 0 Å². The number of hydrogen-bond acceptors (Lipinski definition) is 1. The molecule has 0 aromatic rings. The van der Waals surface area contributed by atoms with Crippen LogP contribution in [0, 0.1) is 10.8 Å². The van der Waals surface area contributed by atoms with Gasteiger partial charge in [-0.25, -0.2) is 0 Å². The van der Waals surface area contributed by atoms with Gasteiger partial charge in [0.15, 0.2) is 5.78 Å². The molecule has 76 valence electrons. The van der Waals surface area contributed by atoms with Gasteiger partial charge < -0.3 is 0 Å². The number of carbonyl (C=O) groups excluding carboxylic acids is 1. The number of Topliss-reactive ketones (excluding diaryl/α,β-unsaturated/α-hetero) is 1. The molecule has 13 heavy (non-hydrogen) atoms. The lowest BCUT2D eigenvalue weighted by Crippen LogP contribution is -2.32. The van der Waals surface area contributed by atoms with E-state index < -0.39 is 0 Å². The van der Waals surface area contributed by atoms with Crippen molar-refractivity contribution in [2.75, 3.05) is 0 Å². The number of ketones is 1. The Labute approximate surface area is 82.2 Å². The highest BCUT2D eigenvalue weighted by Gasteiger charge is 2.34. The van der Waals surface area contributed by atoms with Crippen LogP contribution in [0.2, 0.25) is 0 Å². The van der Waals surface area contributed by atoms with E-state index in [-0.39, 0.29) is 16.6 Å². The summed E-state index contributed by atoms with van der Waals surface area (Å²) >= 11 is 0. The highest BCUT2D eigenvalue weighted by atomic mass is 16.1. The van der Waals surface area contributed by atoms with Crippen LogP contribution in [0.25, 0.3) is 0 Å². The van der Waals surface area contributed by atoms with Gasteiger partial charge in [-0.3, -0.25) is 4.79 Å². The summed E-state index contributed by atoms with van der Waals surface area (Å²) in [5, 5.41) is 0. The predicted molar refractivity (Wildman–Crippen MR) is 57.7 cm³/mol. The summed E-state index contributed by atoms with van der Waals surface area (Å²) in [6.07, 6.45) is 0.589. The maximum Gasteiger partial charge on any atom is 0.158 e. The summed E-state index contributed by atoms with van der Waals surface area (Å²) in [6.45, 7) is 16.2. The summed E-state index contributed by atoms with van der Waals surface area (Å²) < 4.78 is 0. The molecule has 0 aliphatic rings. The third-order valence-corrected chi connectivity index (χ3v) is 3.11. The number of carbonyl (C=O) groups is 1. The van der Waals surface area contributed by atoms with E-state index in [1.54, 1.807) is 6.92 Å². The third kappa shape index (κ3) is 3.33. The van der Waals surface area contributed by atoms with Crippen LogP contribution in [0.3, 0.4) is 0 Å². The average Bonchev–Trinajstić information content (AvgIpc) is 1.83. The number of hydrogen-bond donors (Lipinski definition) is 0. The van der Waals surface area contributed by atoms with Gasteiger partial charge in [-0.15, -0.1) is 0 Å². The molecule has 0 rings (SSSR count). The molecule has 0 aliphatic carbocycles. The summed E-state index contributed by atoms with van der Waals surface area (Å²) in [5.41, 5.74) is 0.846. The Morgan fingerprint density at radius 3 is 1.77 bits per heavy atom. The molecule has 0 saturated heterocycles. The average molecular weight is 182 g/mol. The minimum Gasteiger partial charge on any atom is -0.295 e. The Balaban J connectivity index is 4.53. The van der Waals surface area contributed by atoms with Crippen LogP contribution in [0.1, 0.15) is 48.0 Å². The van der Waals surface area contributed by atoms with Gasteiger partial charge in [-0.2, -0.15) is 0 Å². The molecule has 0 fully saturated rings. The van der Waals surface area contributed by atoms with Gasteiger partial charge >= 0.3 is 0 Å². The normalized spacial score (nSPS) is 12.8. The first-order valence-corrected chi connectivity index (χ1v) is 4.76. The molecule has 0 amide bonds. The highest BCUT2D eigenvalue weighted by molar-refractivity contribution is 5.94. The van der Waals surface area contributed by atoms with Crippen LogP contribution in [0.15, 0.2) is 12.2 Å². The first-order valence-electron chi connectivity index (χ1n) is 4.76. The van der Waals surface area contributed by atoms with Crippen LogP contribution in [-0.4, -0.2) is 5.78 Å². The summed E-state index contributed by atoms with van der Waals surface area (Å²) in [4.78, 5) is 11.5. The van der Waals surface area contributed by atoms with Crippen LogP contribution < -0.4 is 0 Å². The smallest absolute Gasteiger partial charge is 0.158 e. The van der Waals surface area contributed by atoms with Crippen molar-refractivity contribution in [3.63, 3.8) is 0 Å². The second-order valence-electron chi connectivity index (χ2n) is 5.51. The van der Waals surface area contributed by atoms with Gasteiger partial charge in [-0.1, -0.05) is 41.2 Å². The maximum atomic E-state index is 11.5. The zero-order chi connectivity index (χ0) is 10.9. The van der Waals surface area contributed by atoms with Gasteiger partial charge in [0.05, 0.1) is 0 Å². The zero-order valence-electron chi connectivity index (χ0n) is 9.82. The highest BCUT2D eigenvalue weighted by Crippen LogP contribution is 2.41. The first-order chi connectivity index (χ1) is 5.58. The lowest BCUT2D eigenvalue weighted by Gasteiger charge is -2.38. The Kier molecular flexibility index (Phi) is 3.48. The predicted octanol–water partition coefficient (Wildman–Crippen LogP) is 3.59. The standard InChI is InChI=1S/C12H22O/c1-9(2)10(13)8-12(6,7)11(3,4)5/h1,8H2,2-7H3. The molecule has 0 unspecified atom stereocenters. The number of rotatable bonds is 3. The summed E-state index contributed by atoms with van der Waals surface area (Å²) in [7, 11) is 0. The second-order valence-corrected chi connectivity index (χ2v) is 5.51. The largest absolute Gasteiger partial charge is 0.295 e. The van der Waals surface area contributed by atoms with Crippen molar-refractivity contribution < 1.29 is 4.79 Å². The monoisotopic (exact) mass is 182 g/mol. The zero-order valence-corrected chi connectivity index (χ0v) is 9.82. The van der Waals surface area contributed by atoms with Gasteiger partial charge in [-0.05, 0) is 23.3 Å². The van der Waals surface area contributed by atoms with E-state index in [0.29, 0.717) is 12.0 Å². The summed E-state index contributed by atoms with van der Waals surface area (Å²) in [6, 6.07) is 0. The fourth-order valence-corrected chi connectivity index (χ4v) is 0.817. The SMILES string of the molecule is C=C(C)C(=O)CC(C)(C)C(C)(C)C. The van der Waals surface area contributed by atoms with Crippen LogP contribution in [0.5, 0.6) is 0 Å². The van der Waals surface area contributed by atoms with Crippen molar-refractivity contribution in [1.29, 1.82) is 0 Å². The lowest BCUT2D eigenvalue weighted by molar-refractivity contribution is -0.118. The van der Waals surface area contributed by atoms with E-state index in [4.69, 9.17) is 0 Å². The van der Waals surface area contributed by atoms with Crippen molar-refractivity contribution in [2.45, 2.75) is 48.0 Å². The van der Waals surface area contributed by atoms with E-state index in [2.05, 4.69) is 41.2 Å². The summed E-state index contributed by atoms with van der Waals surface area (Å²) in [5.74, 6) is 0.180. The molecule has 0 aromatic heterocycles. The molecule has 0 aromatic carbocycles. The van der Waals surface area contributed by atoms with Gasteiger partial charge in [0, 0.05) is 6.42 Å². The molecule has 0 heterocycles. The topological polar surface area (TPSA) is 17.1 Å². The van der Waals surface area contributed by atoms with Gasteiger partial charge in [0.1, 0.15) is 0 Å². The lowest BCUT2D eigenvalue weighted by atomic mass is 9.66. The molecule has 0 N–H and O–H groups in total. The Hall–Kier alpha value is -0.590. The molecule has 0 radical (unpaired) electrons. The second kappa shape index (κ2) is 3.65. The molecule has 0 atom stereocenters. The number of allylic oxidation sites excluding steroid dienone is 1. The molecule has 0 spiro atoms. The van der Waals surface area contributed by atoms with E-state index in [9.17, 15) is 4.79 Å². The molecule has 0 bridgehead atoms. The fourth-order valence-electron chi connectivity index (χ4n) is 0.817. The first kappa shape index (κ1) is 12.4. The van der Waals surface area contributed by atoms with Crippen molar-refractivity contribution in [2.24, 2.45) is 10.8 Å². The van der Waals surface area contributed by atoms with E-state index in [1.165, 1.54) is 0 Å². The Morgan fingerprint density at radius 2 is 1.54 bits per heavy atom. The van der Waals surface area contributed by atoms with Gasteiger partial charge in [0.2, 0.25) is 0 Å². The minimum atomic E-state index is 0.0308. The molecule has 0 saturated carbocycles. The van der Waals surface area contributed by atoms with Crippen LogP contribution in [-0.2, 0) is 4.79 Å². The third-order valence-electron chi connectivity index (χ3n) is 3.11. The molecule has 1 nitrogen and oxygen atoms in total. The van der Waals surface area contributed by atoms with Crippen molar-refractivity contribution in [3.05, 3.63) is 12.2 Å². The maximum absolute atomic E-state index is 11.5. The molecule has 0 aliphatic heterocycles. The molecular formula is C12H22O. The Bertz CT molecular complexity index is 216. The molecular weight excluding hydrogens is 160 g/mol. The molecule has 1 heteroatoms. The van der Waals surface area contributed by atoms with Crippen LogP contribution in [0.4, 0.5) is 0 Å². The van der Waals surface area contributed by atoms with E-state index in [1.807, 2.05) is 0 Å². The Morgan fingerprint density at radius 1 is 1.15 bits per heavy atom. The van der Waals surface area contributed by atoms with Gasteiger partial charge in [0.25, 0.3) is 0 Å². The minimum absolute atomic E-state index is 0.0308. The van der Waals surface area contributed by atoms with E-state index in [0.717, 1.165) is 0 Å². The quantitative estimate of drug-likeness (QED) is 0.609.